The van der Waals surface area contributed by atoms with Crippen molar-refractivity contribution in [1.29, 1.82) is 0 Å². The summed E-state index contributed by atoms with van der Waals surface area (Å²) >= 11 is 3.43. The van der Waals surface area contributed by atoms with Crippen LogP contribution >= 0.6 is 15.9 Å². The maximum Gasteiger partial charge on any atom is 0.214 e. The van der Waals surface area contributed by atoms with Crippen molar-refractivity contribution >= 4 is 21.6 Å². The summed E-state index contributed by atoms with van der Waals surface area (Å²) < 4.78 is 14.0. The molecule has 88 valence electrons. The molecule has 0 aliphatic heterocycles. The largest absolute Gasteiger partial charge is 0.378 e. The first-order valence-corrected chi connectivity index (χ1v) is 6.08. The van der Waals surface area contributed by atoms with Gasteiger partial charge in [0, 0.05) is 28.5 Å². The van der Waals surface area contributed by atoms with Crippen molar-refractivity contribution in [2.24, 2.45) is 0 Å². The fourth-order valence-corrected chi connectivity index (χ4v) is 2.02. The molecule has 17 heavy (non-hydrogen) atoms. The van der Waals surface area contributed by atoms with Gasteiger partial charge in [0.1, 0.15) is 0 Å². The predicted molar refractivity (Wildman–Crippen MR) is 70.4 cm³/mol. The number of rotatable bonds is 3. The van der Waals surface area contributed by atoms with Crippen LogP contribution in [-0.2, 0) is 0 Å². The molecule has 4 heteroatoms. The third-order valence-corrected chi connectivity index (χ3v) is 2.95. The van der Waals surface area contributed by atoms with Gasteiger partial charge in [-0.2, -0.15) is 4.39 Å². The van der Waals surface area contributed by atoms with Gasteiger partial charge in [-0.3, -0.25) is 0 Å². The van der Waals surface area contributed by atoms with E-state index in [0.29, 0.717) is 0 Å². The minimum atomic E-state index is -0.476. The maximum absolute atomic E-state index is 12.9. The van der Waals surface area contributed by atoms with E-state index in [9.17, 15) is 4.39 Å². The van der Waals surface area contributed by atoms with Gasteiger partial charge in [0.25, 0.3) is 0 Å². The van der Waals surface area contributed by atoms with E-state index in [0.717, 1.165) is 15.7 Å². The van der Waals surface area contributed by atoms with Crippen LogP contribution in [0.1, 0.15) is 18.5 Å². The molecule has 0 aliphatic rings. The number of pyridine rings is 1. The Morgan fingerprint density at radius 3 is 2.82 bits per heavy atom. The first-order chi connectivity index (χ1) is 8.15. The minimum Gasteiger partial charge on any atom is -0.378 e. The fraction of sp³-hybridized carbons (Fsp3) is 0.154. The second-order valence-corrected chi connectivity index (χ2v) is 4.70. The van der Waals surface area contributed by atoms with E-state index < -0.39 is 5.95 Å². The topological polar surface area (TPSA) is 24.9 Å². The van der Waals surface area contributed by atoms with Gasteiger partial charge in [-0.05, 0) is 30.7 Å². The predicted octanol–water partition coefficient (Wildman–Crippen LogP) is 4.16. The second-order valence-electron chi connectivity index (χ2n) is 3.79. The first kappa shape index (κ1) is 12.0. The molecule has 0 saturated heterocycles. The van der Waals surface area contributed by atoms with E-state index in [-0.39, 0.29) is 6.04 Å². The lowest BCUT2D eigenvalue weighted by Gasteiger charge is -2.15. The molecule has 2 rings (SSSR count). The molecule has 2 nitrogen and oxygen atoms in total. The van der Waals surface area contributed by atoms with Crippen LogP contribution in [0.2, 0.25) is 0 Å². The number of aromatic nitrogens is 1. The van der Waals surface area contributed by atoms with E-state index in [1.165, 1.54) is 12.3 Å². The number of hydrogen-bond acceptors (Lipinski definition) is 2. The zero-order valence-electron chi connectivity index (χ0n) is 9.32. The number of benzene rings is 1. The highest BCUT2D eigenvalue weighted by Crippen LogP contribution is 2.21. The smallest absolute Gasteiger partial charge is 0.214 e. The Labute approximate surface area is 108 Å². The molecule has 1 N–H and O–H groups in total. The normalized spacial score (nSPS) is 12.2. The van der Waals surface area contributed by atoms with E-state index in [2.05, 4.69) is 26.2 Å². The maximum atomic E-state index is 12.9. The molecule has 0 saturated carbocycles. The third-order valence-electron chi connectivity index (χ3n) is 2.46. The molecule has 1 aromatic carbocycles. The standard InChI is InChI=1S/C13H12BrFN2/c1-9(10-3-2-4-11(14)7-10)17-12-5-6-16-13(15)8-12/h2-9H,1H3,(H,16,17). The molecule has 1 heterocycles. The highest BCUT2D eigenvalue weighted by Gasteiger charge is 2.06. The Bertz CT molecular complexity index is 516. The van der Waals surface area contributed by atoms with Crippen molar-refractivity contribution in [2.75, 3.05) is 5.32 Å². The third kappa shape index (κ3) is 3.27. The van der Waals surface area contributed by atoms with E-state index >= 15 is 0 Å². The highest BCUT2D eigenvalue weighted by atomic mass is 79.9. The summed E-state index contributed by atoms with van der Waals surface area (Å²) in [5.74, 6) is -0.476. The van der Waals surface area contributed by atoms with Crippen molar-refractivity contribution in [3.63, 3.8) is 0 Å². The first-order valence-electron chi connectivity index (χ1n) is 5.29. The van der Waals surface area contributed by atoms with Crippen LogP contribution in [0.4, 0.5) is 10.1 Å². The van der Waals surface area contributed by atoms with E-state index in [4.69, 9.17) is 0 Å². The summed E-state index contributed by atoms with van der Waals surface area (Å²) in [6, 6.07) is 11.3. The SMILES string of the molecule is CC(Nc1ccnc(F)c1)c1cccc(Br)c1. The molecule has 0 bridgehead atoms. The van der Waals surface area contributed by atoms with Gasteiger partial charge in [-0.1, -0.05) is 28.1 Å². The molecule has 1 aromatic heterocycles. The average Bonchev–Trinajstić information content (AvgIpc) is 2.29. The molecule has 0 fully saturated rings. The molecule has 0 radical (unpaired) electrons. The lowest BCUT2D eigenvalue weighted by Crippen LogP contribution is -2.06. The van der Waals surface area contributed by atoms with Crippen LogP contribution in [0.5, 0.6) is 0 Å². The van der Waals surface area contributed by atoms with Crippen molar-refractivity contribution in [3.8, 4) is 0 Å². The number of nitrogens with zero attached hydrogens (tertiary/aromatic N) is 1. The van der Waals surface area contributed by atoms with E-state index in [1.54, 1.807) is 6.07 Å². The summed E-state index contributed by atoms with van der Waals surface area (Å²) in [7, 11) is 0. The number of nitrogens with one attached hydrogen (secondary N) is 1. The summed E-state index contributed by atoms with van der Waals surface area (Å²) in [5, 5.41) is 3.23. The van der Waals surface area contributed by atoms with Gasteiger partial charge >= 0.3 is 0 Å². The molecular weight excluding hydrogens is 283 g/mol. The van der Waals surface area contributed by atoms with Gasteiger partial charge in [0.15, 0.2) is 0 Å². The molecule has 1 atom stereocenters. The number of halogens is 2. The Kier molecular flexibility index (Phi) is 3.74. The van der Waals surface area contributed by atoms with E-state index in [1.807, 2.05) is 31.2 Å². The molecule has 0 spiro atoms. The number of hydrogen-bond donors (Lipinski definition) is 1. The van der Waals surface area contributed by atoms with Crippen LogP contribution in [-0.4, -0.2) is 4.98 Å². The van der Waals surface area contributed by atoms with Crippen LogP contribution in [0.25, 0.3) is 0 Å². The van der Waals surface area contributed by atoms with Crippen LogP contribution in [0.15, 0.2) is 47.1 Å². The van der Waals surface area contributed by atoms with Gasteiger partial charge in [-0.25, -0.2) is 4.98 Å². The Morgan fingerprint density at radius 2 is 2.12 bits per heavy atom. The molecule has 0 amide bonds. The summed E-state index contributed by atoms with van der Waals surface area (Å²) in [6.45, 7) is 2.03. The van der Waals surface area contributed by atoms with Crippen molar-refractivity contribution in [2.45, 2.75) is 13.0 Å². The highest BCUT2D eigenvalue weighted by molar-refractivity contribution is 9.10. The molecule has 1 unspecified atom stereocenters. The van der Waals surface area contributed by atoms with Gasteiger partial charge in [0.05, 0.1) is 0 Å². The quantitative estimate of drug-likeness (QED) is 0.860. The zero-order valence-corrected chi connectivity index (χ0v) is 10.9. The zero-order chi connectivity index (χ0) is 12.3. The van der Waals surface area contributed by atoms with Gasteiger partial charge < -0.3 is 5.32 Å². The second kappa shape index (κ2) is 5.27. The Hall–Kier alpha value is -1.42. The molecule has 0 aliphatic carbocycles. The monoisotopic (exact) mass is 294 g/mol. The Morgan fingerprint density at radius 1 is 1.29 bits per heavy atom. The lowest BCUT2D eigenvalue weighted by molar-refractivity contribution is 0.584. The summed E-state index contributed by atoms with van der Waals surface area (Å²) in [6.07, 6.45) is 1.45. The summed E-state index contributed by atoms with van der Waals surface area (Å²) in [5.41, 5.74) is 1.86. The van der Waals surface area contributed by atoms with Crippen molar-refractivity contribution in [3.05, 3.63) is 58.6 Å². The van der Waals surface area contributed by atoms with Crippen LogP contribution in [0.3, 0.4) is 0 Å². The van der Waals surface area contributed by atoms with Gasteiger partial charge in [0.2, 0.25) is 5.95 Å². The summed E-state index contributed by atoms with van der Waals surface area (Å²) in [4.78, 5) is 3.52. The van der Waals surface area contributed by atoms with Crippen LogP contribution in [0, 0.1) is 5.95 Å². The fourth-order valence-electron chi connectivity index (χ4n) is 1.60. The molecule has 2 aromatic rings. The molecular formula is C13H12BrFN2. The Balaban J connectivity index is 2.14. The lowest BCUT2D eigenvalue weighted by atomic mass is 10.1. The van der Waals surface area contributed by atoms with Gasteiger partial charge in [-0.15, -0.1) is 0 Å². The van der Waals surface area contributed by atoms with Crippen molar-refractivity contribution < 1.29 is 4.39 Å². The number of anilines is 1. The average molecular weight is 295 g/mol. The van der Waals surface area contributed by atoms with Crippen LogP contribution < -0.4 is 5.32 Å². The van der Waals surface area contributed by atoms with Crippen molar-refractivity contribution in [1.82, 2.24) is 4.98 Å². The minimum absolute atomic E-state index is 0.106.